The molecule has 96 valence electrons. The van der Waals surface area contributed by atoms with Gasteiger partial charge in [0.15, 0.2) is 0 Å². The molecule has 1 amide bonds. The third kappa shape index (κ3) is 4.11. The van der Waals surface area contributed by atoms with Crippen molar-refractivity contribution in [2.75, 3.05) is 20.3 Å². The molecule has 0 saturated heterocycles. The van der Waals surface area contributed by atoms with Crippen LogP contribution in [0.3, 0.4) is 0 Å². The molecular formula is C12H20N2O2S. The first kappa shape index (κ1) is 14.2. The number of hydrogen-bond acceptors (Lipinski definition) is 4. The highest BCUT2D eigenvalue weighted by molar-refractivity contribution is 7.10. The van der Waals surface area contributed by atoms with Crippen LogP contribution in [0, 0.1) is 0 Å². The van der Waals surface area contributed by atoms with Crippen molar-refractivity contribution in [1.82, 2.24) is 5.32 Å². The van der Waals surface area contributed by atoms with Crippen molar-refractivity contribution >= 4 is 17.2 Å². The Morgan fingerprint density at radius 2 is 2.35 bits per heavy atom. The molecule has 0 radical (unpaired) electrons. The first-order chi connectivity index (χ1) is 7.97. The quantitative estimate of drug-likeness (QED) is 0.801. The number of hydrogen-bond donors (Lipinski definition) is 2. The lowest BCUT2D eigenvalue weighted by molar-refractivity contribution is -0.123. The summed E-state index contributed by atoms with van der Waals surface area (Å²) in [5.74, 6) is -0.170. The smallest absolute Gasteiger partial charge is 0.239 e. The van der Waals surface area contributed by atoms with E-state index in [4.69, 9.17) is 10.5 Å². The van der Waals surface area contributed by atoms with Gasteiger partial charge in [-0.15, -0.1) is 11.3 Å². The summed E-state index contributed by atoms with van der Waals surface area (Å²) in [6.45, 7) is 5.01. The van der Waals surface area contributed by atoms with Gasteiger partial charge in [-0.05, 0) is 11.4 Å². The van der Waals surface area contributed by atoms with Gasteiger partial charge in [-0.1, -0.05) is 19.9 Å². The summed E-state index contributed by atoms with van der Waals surface area (Å²) >= 11 is 1.69. The summed E-state index contributed by atoms with van der Waals surface area (Å²) in [4.78, 5) is 12.9. The lowest BCUT2D eigenvalue weighted by Gasteiger charge is -2.24. The summed E-state index contributed by atoms with van der Waals surface area (Å²) in [6.07, 6.45) is 0. The van der Waals surface area contributed by atoms with Crippen LogP contribution in [0.5, 0.6) is 0 Å². The van der Waals surface area contributed by atoms with Crippen LogP contribution in [0.1, 0.15) is 18.7 Å². The summed E-state index contributed by atoms with van der Waals surface area (Å²) in [6, 6.07) is 3.49. The van der Waals surface area contributed by atoms with Crippen molar-refractivity contribution in [2.24, 2.45) is 5.73 Å². The fourth-order valence-electron chi connectivity index (χ4n) is 1.45. The minimum Gasteiger partial charge on any atom is -0.383 e. The molecule has 0 aromatic carbocycles. The van der Waals surface area contributed by atoms with Crippen LogP contribution in [0.15, 0.2) is 17.5 Å². The van der Waals surface area contributed by atoms with Gasteiger partial charge in [0.1, 0.15) is 6.04 Å². The molecule has 0 fully saturated rings. The molecule has 0 aliphatic rings. The highest BCUT2D eigenvalue weighted by Crippen LogP contribution is 2.26. The van der Waals surface area contributed by atoms with E-state index >= 15 is 0 Å². The zero-order chi connectivity index (χ0) is 12.9. The summed E-state index contributed by atoms with van der Waals surface area (Å²) in [5, 5.41) is 4.90. The van der Waals surface area contributed by atoms with Gasteiger partial charge >= 0.3 is 0 Å². The maximum absolute atomic E-state index is 11.6. The third-order valence-electron chi connectivity index (χ3n) is 2.58. The number of methoxy groups -OCH3 is 1. The van der Waals surface area contributed by atoms with Gasteiger partial charge in [0.25, 0.3) is 0 Å². The first-order valence-electron chi connectivity index (χ1n) is 5.53. The number of rotatable bonds is 6. The molecule has 5 heteroatoms. The van der Waals surface area contributed by atoms with Crippen LogP contribution >= 0.6 is 11.3 Å². The SMILES string of the molecule is COCC(N)C(=O)NCC(C)(C)c1cccs1. The molecule has 1 rings (SSSR count). The summed E-state index contributed by atoms with van der Waals surface area (Å²) in [5.41, 5.74) is 5.57. The van der Waals surface area contributed by atoms with E-state index in [1.54, 1.807) is 11.3 Å². The topological polar surface area (TPSA) is 64.3 Å². The van der Waals surface area contributed by atoms with Crippen LogP contribution < -0.4 is 11.1 Å². The monoisotopic (exact) mass is 256 g/mol. The second kappa shape index (κ2) is 6.14. The number of nitrogens with one attached hydrogen (secondary N) is 1. The average molecular weight is 256 g/mol. The zero-order valence-corrected chi connectivity index (χ0v) is 11.3. The standard InChI is InChI=1S/C12H20N2O2S/c1-12(2,10-5-4-6-17-10)8-14-11(15)9(13)7-16-3/h4-6,9H,7-8,13H2,1-3H3,(H,14,15). The van der Waals surface area contributed by atoms with Crippen LogP contribution in [0.25, 0.3) is 0 Å². The van der Waals surface area contributed by atoms with E-state index in [9.17, 15) is 4.79 Å². The van der Waals surface area contributed by atoms with Crippen LogP contribution in [0.4, 0.5) is 0 Å². The molecule has 1 aromatic heterocycles. The second-order valence-electron chi connectivity index (χ2n) is 4.64. The molecule has 1 unspecified atom stereocenters. The molecule has 0 aliphatic heterocycles. The fourth-order valence-corrected chi connectivity index (χ4v) is 2.30. The molecule has 4 nitrogen and oxygen atoms in total. The van der Waals surface area contributed by atoms with E-state index in [0.29, 0.717) is 6.54 Å². The maximum Gasteiger partial charge on any atom is 0.239 e. The van der Waals surface area contributed by atoms with E-state index in [0.717, 1.165) is 0 Å². The Bertz CT molecular complexity index is 349. The Morgan fingerprint density at radius 3 is 2.88 bits per heavy atom. The van der Waals surface area contributed by atoms with Crippen LogP contribution in [0.2, 0.25) is 0 Å². The lowest BCUT2D eigenvalue weighted by atomic mass is 9.91. The third-order valence-corrected chi connectivity index (χ3v) is 3.81. The largest absolute Gasteiger partial charge is 0.383 e. The number of thiophene rings is 1. The molecule has 3 N–H and O–H groups in total. The Hall–Kier alpha value is -0.910. The number of ether oxygens (including phenoxy) is 1. The van der Waals surface area contributed by atoms with Crippen molar-refractivity contribution in [2.45, 2.75) is 25.3 Å². The molecule has 1 atom stereocenters. The highest BCUT2D eigenvalue weighted by atomic mass is 32.1. The minimum absolute atomic E-state index is 0.0728. The molecule has 0 aliphatic carbocycles. The van der Waals surface area contributed by atoms with Gasteiger partial charge in [0, 0.05) is 23.9 Å². The van der Waals surface area contributed by atoms with Gasteiger partial charge in [-0.3, -0.25) is 4.79 Å². The summed E-state index contributed by atoms with van der Waals surface area (Å²) < 4.78 is 4.85. The maximum atomic E-state index is 11.6. The first-order valence-corrected chi connectivity index (χ1v) is 6.41. The van der Waals surface area contributed by atoms with E-state index in [2.05, 4.69) is 25.2 Å². The Kier molecular flexibility index (Phi) is 5.11. The average Bonchev–Trinajstić information content (AvgIpc) is 2.80. The molecule has 17 heavy (non-hydrogen) atoms. The number of nitrogens with two attached hydrogens (primary N) is 1. The molecule has 0 saturated carbocycles. The molecule has 0 bridgehead atoms. The Balaban J connectivity index is 2.47. The molecular weight excluding hydrogens is 236 g/mol. The Labute approximate surface area is 106 Å². The predicted molar refractivity (Wildman–Crippen MR) is 70.2 cm³/mol. The van der Waals surface area contributed by atoms with E-state index in [-0.39, 0.29) is 17.9 Å². The van der Waals surface area contributed by atoms with Crippen molar-refractivity contribution in [1.29, 1.82) is 0 Å². The van der Waals surface area contributed by atoms with Crippen molar-refractivity contribution < 1.29 is 9.53 Å². The van der Waals surface area contributed by atoms with E-state index < -0.39 is 6.04 Å². The van der Waals surface area contributed by atoms with Gasteiger partial charge in [-0.2, -0.15) is 0 Å². The van der Waals surface area contributed by atoms with Crippen molar-refractivity contribution in [3.05, 3.63) is 22.4 Å². The molecule has 0 spiro atoms. The van der Waals surface area contributed by atoms with Crippen LogP contribution in [-0.4, -0.2) is 32.2 Å². The zero-order valence-electron chi connectivity index (χ0n) is 10.5. The van der Waals surface area contributed by atoms with Gasteiger partial charge < -0.3 is 15.8 Å². The minimum atomic E-state index is -0.598. The van der Waals surface area contributed by atoms with Gasteiger partial charge in [0.2, 0.25) is 5.91 Å². The molecule has 1 aromatic rings. The van der Waals surface area contributed by atoms with Crippen molar-refractivity contribution in [3.63, 3.8) is 0 Å². The normalized spacial score (nSPS) is 13.4. The van der Waals surface area contributed by atoms with Crippen LogP contribution in [-0.2, 0) is 14.9 Å². The van der Waals surface area contributed by atoms with E-state index in [1.807, 2.05) is 11.4 Å². The summed E-state index contributed by atoms with van der Waals surface area (Å²) in [7, 11) is 1.53. The Morgan fingerprint density at radius 1 is 1.65 bits per heavy atom. The van der Waals surface area contributed by atoms with Gasteiger partial charge in [-0.25, -0.2) is 0 Å². The fraction of sp³-hybridized carbons (Fsp3) is 0.583. The lowest BCUT2D eigenvalue weighted by Crippen LogP contribution is -2.47. The second-order valence-corrected chi connectivity index (χ2v) is 5.59. The molecule has 1 heterocycles. The predicted octanol–water partition coefficient (Wildman–Crippen LogP) is 1.12. The number of carbonyl (C=O) groups is 1. The van der Waals surface area contributed by atoms with E-state index in [1.165, 1.54) is 12.0 Å². The highest BCUT2D eigenvalue weighted by Gasteiger charge is 2.23. The van der Waals surface area contributed by atoms with Gasteiger partial charge in [0.05, 0.1) is 6.61 Å². The number of amides is 1. The number of carbonyl (C=O) groups excluding carboxylic acids is 1. The van der Waals surface area contributed by atoms with Crippen molar-refractivity contribution in [3.8, 4) is 0 Å².